The fraction of sp³-hybridized carbons (Fsp3) is 0.667. The Morgan fingerprint density at radius 1 is 1.31 bits per heavy atom. The van der Waals surface area contributed by atoms with Crippen LogP contribution in [0.5, 0.6) is 0 Å². The number of rotatable bonds is 5. The molecule has 16 heavy (non-hydrogen) atoms. The van der Waals surface area contributed by atoms with Crippen LogP contribution in [0.3, 0.4) is 0 Å². The Balaban J connectivity index is 3.00. The summed E-state index contributed by atoms with van der Waals surface area (Å²) >= 11 is 0. The first kappa shape index (κ1) is 12.9. The largest absolute Gasteiger partial charge is 0.352 e. The predicted molar refractivity (Wildman–Crippen MR) is 67.2 cm³/mol. The van der Waals surface area contributed by atoms with Crippen LogP contribution < -0.4 is 10.6 Å². The van der Waals surface area contributed by atoms with Crippen LogP contribution in [-0.2, 0) is 6.54 Å². The molecular formula is C12H22N4. The van der Waals surface area contributed by atoms with E-state index in [0.717, 1.165) is 17.9 Å². The Morgan fingerprint density at radius 2 is 2.00 bits per heavy atom. The molecule has 0 spiro atoms. The van der Waals surface area contributed by atoms with E-state index in [-0.39, 0.29) is 0 Å². The lowest BCUT2D eigenvalue weighted by atomic mass is 10.1. The zero-order valence-electron chi connectivity index (χ0n) is 10.6. The quantitative estimate of drug-likeness (QED) is 0.825. The van der Waals surface area contributed by atoms with Crippen LogP contribution in [0.2, 0.25) is 0 Å². The highest BCUT2D eigenvalue weighted by Gasteiger charge is 2.16. The monoisotopic (exact) mass is 222 g/mol. The maximum Gasteiger partial charge on any atom is 0.155 e. The summed E-state index contributed by atoms with van der Waals surface area (Å²) in [5, 5.41) is 8.18. The molecule has 0 unspecified atom stereocenters. The van der Waals surface area contributed by atoms with E-state index >= 15 is 0 Å². The molecule has 0 atom stereocenters. The summed E-state index contributed by atoms with van der Waals surface area (Å²) in [6.07, 6.45) is 1.69. The molecule has 1 rings (SSSR count). The van der Waals surface area contributed by atoms with Gasteiger partial charge in [-0.1, -0.05) is 13.8 Å². The van der Waals surface area contributed by atoms with Gasteiger partial charge in [-0.2, -0.15) is 5.10 Å². The first-order valence-electron chi connectivity index (χ1n) is 5.83. The van der Waals surface area contributed by atoms with Crippen LogP contribution in [0.15, 0.2) is 12.3 Å². The molecule has 1 aromatic rings. The number of aromatic nitrogens is 2. The molecule has 4 heteroatoms. The van der Waals surface area contributed by atoms with E-state index in [1.165, 1.54) is 0 Å². The van der Waals surface area contributed by atoms with Gasteiger partial charge in [0.25, 0.3) is 0 Å². The van der Waals surface area contributed by atoms with Crippen molar-refractivity contribution in [3.05, 3.63) is 17.8 Å². The molecule has 90 valence electrons. The van der Waals surface area contributed by atoms with Gasteiger partial charge in [-0.15, -0.1) is 5.10 Å². The van der Waals surface area contributed by atoms with Crippen molar-refractivity contribution in [2.45, 2.75) is 40.3 Å². The summed E-state index contributed by atoms with van der Waals surface area (Å²) in [5.41, 5.74) is 6.78. The van der Waals surface area contributed by atoms with Crippen molar-refractivity contribution >= 4 is 5.82 Å². The highest BCUT2D eigenvalue weighted by molar-refractivity contribution is 5.46. The normalized spacial score (nSPS) is 11.2. The smallest absolute Gasteiger partial charge is 0.155 e. The Hall–Kier alpha value is -1.16. The molecule has 0 fully saturated rings. The molecule has 0 bridgehead atoms. The Morgan fingerprint density at radius 3 is 2.50 bits per heavy atom. The molecule has 0 saturated carbocycles. The number of nitrogens with zero attached hydrogens (tertiary/aromatic N) is 3. The lowest BCUT2D eigenvalue weighted by Gasteiger charge is -2.30. The van der Waals surface area contributed by atoms with Crippen LogP contribution in [0.25, 0.3) is 0 Å². The van der Waals surface area contributed by atoms with Crippen molar-refractivity contribution in [2.24, 2.45) is 11.7 Å². The van der Waals surface area contributed by atoms with Crippen LogP contribution in [0, 0.1) is 5.92 Å². The van der Waals surface area contributed by atoms with Gasteiger partial charge in [0, 0.05) is 24.7 Å². The van der Waals surface area contributed by atoms with Gasteiger partial charge in [0.15, 0.2) is 5.82 Å². The first-order valence-corrected chi connectivity index (χ1v) is 5.83. The third-order valence-electron chi connectivity index (χ3n) is 2.46. The maximum atomic E-state index is 5.72. The number of nitrogens with two attached hydrogens (primary N) is 1. The summed E-state index contributed by atoms with van der Waals surface area (Å²) in [6.45, 7) is 10.2. The Labute approximate surface area is 97.9 Å². The summed E-state index contributed by atoms with van der Waals surface area (Å²) in [5.74, 6) is 1.52. The molecule has 0 aliphatic heterocycles. The lowest BCUT2D eigenvalue weighted by molar-refractivity contribution is 0.561. The highest BCUT2D eigenvalue weighted by atomic mass is 15.3. The predicted octanol–water partition coefficient (Wildman–Crippen LogP) is 1.81. The molecule has 1 heterocycles. The van der Waals surface area contributed by atoms with Gasteiger partial charge in [0.05, 0.1) is 6.20 Å². The van der Waals surface area contributed by atoms with Gasteiger partial charge in [-0.3, -0.25) is 0 Å². The summed E-state index contributed by atoms with van der Waals surface area (Å²) in [4.78, 5) is 2.26. The zero-order valence-corrected chi connectivity index (χ0v) is 10.6. The van der Waals surface area contributed by atoms with Gasteiger partial charge >= 0.3 is 0 Å². The SMILES string of the molecule is CC(C)CN(c1nnccc1CN)C(C)C. The van der Waals surface area contributed by atoms with Crippen molar-refractivity contribution in [3.8, 4) is 0 Å². The summed E-state index contributed by atoms with van der Waals surface area (Å²) < 4.78 is 0. The molecule has 2 N–H and O–H groups in total. The number of hydrogen-bond donors (Lipinski definition) is 1. The van der Waals surface area contributed by atoms with E-state index in [0.29, 0.717) is 18.5 Å². The zero-order chi connectivity index (χ0) is 12.1. The van der Waals surface area contributed by atoms with Gasteiger partial charge in [0.2, 0.25) is 0 Å². The van der Waals surface area contributed by atoms with Gasteiger partial charge in [0.1, 0.15) is 0 Å². The van der Waals surface area contributed by atoms with E-state index in [1.54, 1.807) is 6.20 Å². The van der Waals surface area contributed by atoms with Crippen LogP contribution in [0.1, 0.15) is 33.3 Å². The molecule has 0 amide bonds. The second-order valence-corrected chi connectivity index (χ2v) is 4.72. The topological polar surface area (TPSA) is 55.0 Å². The number of anilines is 1. The van der Waals surface area contributed by atoms with Crippen molar-refractivity contribution in [1.82, 2.24) is 10.2 Å². The molecule has 0 aliphatic rings. The van der Waals surface area contributed by atoms with Crippen molar-refractivity contribution in [2.75, 3.05) is 11.4 Å². The van der Waals surface area contributed by atoms with Crippen molar-refractivity contribution in [1.29, 1.82) is 0 Å². The second-order valence-electron chi connectivity index (χ2n) is 4.72. The molecule has 4 nitrogen and oxygen atoms in total. The van der Waals surface area contributed by atoms with Crippen molar-refractivity contribution in [3.63, 3.8) is 0 Å². The van der Waals surface area contributed by atoms with Gasteiger partial charge in [-0.25, -0.2) is 0 Å². The highest BCUT2D eigenvalue weighted by Crippen LogP contribution is 2.19. The minimum absolute atomic E-state index is 0.407. The van der Waals surface area contributed by atoms with Crippen LogP contribution in [0.4, 0.5) is 5.82 Å². The third kappa shape index (κ3) is 3.17. The van der Waals surface area contributed by atoms with Gasteiger partial charge < -0.3 is 10.6 Å². The fourth-order valence-corrected chi connectivity index (χ4v) is 1.69. The minimum Gasteiger partial charge on any atom is -0.352 e. The van der Waals surface area contributed by atoms with Crippen LogP contribution in [-0.4, -0.2) is 22.8 Å². The van der Waals surface area contributed by atoms with Crippen LogP contribution >= 0.6 is 0 Å². The second kappa shape index (κ2) is 5.80. The summed E-state index contributed by atoms with van der Waals surface area (Å²) in [7, 11) is 0. The van der Waals surface area contributed by atoms with Crippen molar-refractivity contribution < 1.29 is 0 Å². The first-order chi connectivity index (χ1) is 7.56. The lowest BCUT2D eigenvalue weighted by Crippen LogP contribution is -2.36. The molecule has 0 saturated heterocycles. The minimum atomic E-state index is 0.407. The fourth-order valence-electron chi connectivity index (χ4n) is 1.69. The Bertz CT molecular complexity index is 323. The molecule has 0 aromatic carbocycles. The molecule has 1 aromatic heterocycles. The third-order valence-corrected chi connectivity index (χ3v) is 2.46. The van der Waals surface area contributed by atoms with E-state index in [4.69, 9.17) is 5.73 Å². The standard InChI is InChI=1S/C12H22N4/c1-9(2)8-16(10(3)4)12-11(7-13)5-6-14-15-12/h5-6,9-10H,7-8,13H2,1-4H3. The average molecular weight is 222 g/mol. The maximum absolute atomic E-state index is 5.72. The summed E-state index contributed by atoms with van der Waals surface area (Å²) in [6, 6.07) is 2.35. The van der Waals surface area contributed by atoms with Gasteiger partial charge in [-0.05, 0) is 25.8 Å². The van der Waals surface area contributed by atoms with E-state index < -0.39 is 0 Å². The van der Waals surface area contributed by atoms with E-state index in [9.17, 15) is 0 Å². The molecular weight excluding hydrogens is 200 g/mol. The molecule has 0 aliphatic carbocycles. The average Bonchev–Trinajstić information content (AvgIpc) is 2.25. The van der Waals surface area contributed by atoms with E-state index in [2.05, 4.69) is 42.8 Å². The number of hydrogen-bond acceptors (Lipinski definition) is 4. The molecule has 0 radical (unpaired) electrons. The van der Waals surface area contributed by atoms with E-state index in [1.807, 2.05) is 6.07 Å². The Kier molecular flexibility index (Phi) is 4.68.